The minimum atomic E-state index is -0.973. The third kappa shape index (κ3) is 2.83. The second kappa shape index (κ2) is 4.74. The molecule has 0 unspecified atom stereocenters. The number of Topliss-reactive ketones (excluding diaryl/α,β-unsaturated/α-hetero) is 1. The molecule has 5 nitrogen and oxygen atoms in total. The SMILES string of the molecule is NC(=O)NC(=O)C(=O)C1CCCCC1. The fraction of sp³-hybridized carbons (Fsp3) is 0.667. The molecule has 0 spiro atoms. The largest absolute Gasteiger partial charge is 0.351 e. The zero-order valence-corrected chi connectivity index (χ0v) is 7.91. The number of imide groups is 1. The fourth-order valence-corrected chi connectivity index (χ4v) is 1.72. The van der Waals surface area contributed by atoms with Crippen molar-refractivity contribution in [2.24, 2.45) is 11.7 Å². The maximum Gasteiger partial charge on any atom is 0.319 e. The highest BCUT2D eigenvalue weighted by Crippen LogP contribution is 2.24. The third-order valence-corrected chi connectivity index (χ3v) is 2.44. The van der Waals surface area contributed by atoms with Crippen LogP contribution < -0.4 is 11.1 Å². The maximum absolute atomic E-state index is 11.4. The molecule has 0 aromatic rings. The van der Waals surface area contributed by atoms with Crippen molar-refractivity contribution in [1.82, 2.24) is 5.32 Å². The second-order valence-corrected chi connectivity index (χ2v) is 3.52. The Balaban J connectivity index is 2.46. The van der Waals surface area contributed by atoms with Crippen LogP contribution in [0.2, 0.25) is 0 Å². The van der Waals surface area contributed by atoms with Gasteiger partial charge in [-0.3, -0.25) is 14.9 Å². The summed E-state index contributed by atoms with van der Waals surface area (Å²) in [6.45, 7) is 0. The highest BCUT2D eigenvalue weighted by atomic mass is 16.2. The molecule has 78 valence electrons. The van der Waals surface area contributed by atoms with E-state index in [0.29, 0.717) is 0 Å². The van der Waals surface area contributed by atoms with E-state index in [1.165, 1.54) is 0 Å². The van der Waals surface area contributed by atoms with E-state index in [0.717, 1.165) is 32.1 Å². The molecule has 1 fully saturated rings. The highest BCUT2D eigenvalue weighted by molar-refractivity contribution is 6.39. The Kier molecular flexibility index (Phi) is 3.62. The molecule has 0 atom stereocenters. The lowest BCUT2D eigenvalue weighted by Gasteiger charge is -2.18. The molecule has 5 heteroatoms. The number of hydrogen-bond donors (Lipinski definition) is 2. The van der Waals surface area contributed by atoms with Gasteiger partial charge in [0, 0.05) is 5.92 Å². The average molecular weight is 198 g/mol. The summed E-state index contributed by atoms with van der Waals surface area (Å²) in [5, 5.41) is 1.79. The summed E-state index contributed by atoms with van der Waals surface area (Å²) in [6.07, 6.45) is 4.54. The number of urea groups is 1. The number of ketones is 1. The van der Waals surface area contributed by atoms with Gasteiger partial charge >= 0.3 is 6.03 Å². The lowest BCUT2D eigenvalue weighted by atomic mass is 9.86. The van der Waals surface area contributed by atoms with E-state index in [9.17, 15) is 14.4 Å². The van der Waals surface area contributed by atoms with E-state index in [1.54, 1.807) is 5.32 Å². The zero-order valence-electron chi connectivity index (χ0n) is 7.91. The first-order valence-electron chi connectivity index (χ1n) is 4.76. The van der Waals surface area contributed by atoms with E-state index >= 15 is 0 Å². The van der Waals surface area contributed by atoms with Crippen LogP contribution in [0.4, 0.5) is 4.79 Å². The van der Waals surface area contributed by atoms with Gasteiger partial charge in [0.15, 0.2) is 0 Å². The van der Waals surface area contributed by atoms with Crippen LogP contribution in [0.1, 0.15) is 32.1 Å². The molecule has 0 aromatic carbocycles. The van der Waals surface area contributed by atoms with E-state index in [-0.39, 0.29) is 5.92 Å². The Morgan fingerprint density at radius 2 is 1.64 bits per heavy atom. The molecular formula is C9H14N2O3. The van der Waals surface area contributed by atoms with E-state index in [1.807, 2.05) is 0 Å². The van der Waals surface area contributed by atoms with Crippen LogP contribution in [0.5, 0.6) is 0 Å². The molecule has 3 N–H and O–H groups in total. The van der Waals surface area contributed by atoms with Crippen LogP contribution in [0.15, 0.2) is 0 Å². The summed E-state index contributed by atoms with van der Waals surface area (Å²) >= 11 is 0. The van der Waals surface area contributed by atoms with Crippen LogP contribution in [0.3, 0.4) is 0 Å². The van der Waals surface area contributed by atoms with Crippen molar-refractivity contribution in [3.05, 3.63) is 0 Å². The number of carbonyl (C=O) groups is 3. The Hall–Kier alpha value is -1.39. The van der Waals surface area contributed by atoms with Crippen molar-refractivity contribution in [3.63, 3.8) is 0 Å². The summed E-state index contributed by atoms with van der Waals surface area (Å²) in [5.74, 6) is -1.60. The van der Waals surface area contributed by atoms with Gasteiger partial charge in [0.25, 0.3) is 5.91 Å². The van der Waals surface area contributed by atoms with Gasteiger partial charge < -0.3 is 5.73 Å². The summed E-state index contributed by atoms with van der Waals surface area (Å²) < 4.78 is 0. The number of nitrogens with two attached hydrogens (primary N) is 1. The molecule has 1 aliphatic rings. The van der Waals surface area contributed by atoms with Crippen molar-refractivity contribution in [2.45, 2.75) is 32.1 Å². The third-order valence-electron chi connectivity index (χ3n) is 2.44. The minimum absolute atomic E-state index is 0.219. The normalized spacial score (nSPS) is 17.4. The first kappa shape index (κ1) is 10.7. The topological polar surface area (TPSA) is 89.3 Å². The molecule has 0 heterocycles. The highest BCUT2D eigenvalue weighted by Gasteiger charge is 2.27. The Morgan fingerprint density at radius 3 is 2.14 bits per heavy atom. The molecule has 0 aliphatic heterocycles. The summed E-state index contributed by atoms with van der Waals surface area (Å²) in [5.41, 5.74) is 4.74. The summed E-state index contributed by atoms with van der Waals surface area (Å²) in [4.78, 5) is 32.8. The van der Waals surface area contributed by atoms with Crippen molar-refractivity contribution in [3.8, 4) is 0 Å². The Labute approximate surface area is 82.0 Å². The predicted molar refractivity (Wildman–Crippen MR) is 49.3 cm³/mol. The smallest absolute Gasteiger partial charge is 0.319 e. The van der Waals surface area contributed by atoms with Crippen molar-refractivity contribution < 1.29 is 14.4 Å². The average Bonchev–Trinajstić information content (AvgIpc) is 2.17. The van der Waals surface area contributed by atoms with Crippen LogP contribution in [-0.4, -0.2) is 17.7 Å². The second-order valence-electron chi connectivity index (χ2n) is 3.52. The molecule has 1 saturated carbocycles. The van der Waals surface area contributed by atoms with Gasteiger partial charge in [-0.05, 0) is 12.8 Å². The first-order valence-corrected chi connectivity index (χ1v) is 4.76. The van der Waals surface area contributed by atoms with Crippen molar-refractivity contribution in [1.29, 1.82) is 0 Å². The quantitative estimate of drug-likeness (QED) is 0.626. The molecule has 14 heavy (non-hydrogen) atoms. The van der Waals surface area contributed by atoms with Gasteiger partial charge in [-0.1, -0.05) is 19.3 Å². The fourth-order valence-electron chi connectivity index (χ4n) is 1.72. The van der Waals surface area contributed by atoms with Crippen LogP contribution in [0.25, 0.3) is 0 Å². The lowest BCUT2D eigenvalue weighted by Crippen LogP contribution is -2.42. The summed E-state index contributed by atoms with van der Waals surface area (Å²) in [6, 6.07) is -0.973. The number of primary amides is 1. The van der Waals surface area contributed by atoms with Crippen LogP contribution in [0, 0.1) is 5.92 Å². The number of amides is 3. The van der Waals surface area contributed by atoms with Crippen LogP contribution >= 0.6 is 0 Å². The number of hydrogen-bond acceptors (Lipinski definition) is 3. The predicted octanol–water partition coefficient (Wildman–Crippen LogP) is 0.331. The van der Waals surface area contributed by atoms with Gasteiger partial charge in [0.05, 0.1) is 0 Å². The first-order chi connectivity index (χ1) is 6.61. The van der Waals surface area contributed by atoms with Gasteiger partial charge in [-0.25, -0.2) is 4.79 Å². The van der Waals surface area contributed by atoms with Gasteiger partial charge in [-0.15, -0.1) is 0 Å². The van der Waals surface area contributed by atoms with E-state index in [4.69, 9.17) is 5.73 Å². The molecule has 1 aliphatic carbocycles. The molecule has 0 aromatic heterocycles. The van der Waals surface area contributed by atoms with Gasteiger partial charge in [0.1, 0.15) is 0 Å². The molecule has 0 saturated heterocycles. The lowest BCUT2D eigenvalue weighted by molar-refractivity contribution is -0.140. The maximum atomic E-state index is 11.4. The number of carbonyl (C=O) groups excluding carboxylic acids is 3. The Morgan fingerprint density at radius 1 is 1.07 bits per heavy atom. The van der Waals surface area contributed by atoms with Crippen molar-refractivity contribution in [2.75, 3.05) is 0 Å². The van der Waals surface area contributed by atoms with Crippen LogP contribution in [-0.2, 0) is 9.59 Å². The zero-order chi connectivity index (χ0) is 10.6. The summed E-state index contributed by atoms with van der Waals surface area (Å²) in [7, 11) is 0. The standard InChI is InChI=1S/C9H14N2O3/c10-9(14)11-8(13)7(12)6-4-2-1-3-5-6/h6H,1-5H2,(H3,10,11,13,14). The van der Waals surface area contributed by atoms with Gasteiger partial charge in [0.2, 0.25) is 5.78 Å². The molecule has 0 radical (unpaired) electrons. The molecule has 1 rings (SSSR count). The molecule has 3 amide bonds. The Bertz CT molecular complexity index is 257. The number of rotatable bonds is 2. The number of nitrogens with one attached hydrogen (secondary N) is 1. The van der Waals surface area contributed by atoms with E-state index < -0.39 is 17.7 Å². The van der Waals surface area contributed by atoms with E-state index in [2.05, 4.69) is 0 Å². The van der Waals surface area contributed by atoms with Gasteiger partial charge in [-0.2, -0.15) is 0 Å². The molecule has 0 bridgehead atoms. The minimum Gasteiger partial charge on any atom is -0.351 e. The molecular weight excluding hydrogens is 184 g/mol. The van der Waals surface area contributed by atoms with Crippen molar-refractivity contribution >= 4 is 17.7 Å². The monoisotopic (exact) mass is 198 g/mol.